The summed E-state index contributed by atoms with van der Waals surface area (Å²) in [5.74, 6) is 1.55. The van der Waals surface area contributed by atoms with Gasteiger partial charge in [0.2, 0.25) is 5.88 Å². The smallest absolute Gasteiger partial charge is 0.227 e. The lowest BCUT2D eigenvalue weighted by Gasteiger charge is -2.08. The highest BCUT2D eigenvalue weighted by Gasteiger charge is 2.06. The zero-order valence-electron chi connectivity index (χ0n) is 10.1. The van der Waals surface area contributed by atoms with E-state index in [9.17, 15) is 0 Å². The molecule has 0 aliphatic heterocycles. The van der Waals surface area contributed by atoms with Crippen LogP contribution in [0.15, 0.2) is 30.6 Å². The van der Waals surface area contributed by atoms with Crippen LogP contribution < -0.4 is 10.5 Å². The Morgan fingerprint density at radius 1 is 1.22 bits per heavy atom. The zero-order chi connectivity index (χ0) is 13.0. The number of benzene rings is 1. The number of nitrogens with two attached hydrogens (primary N) is 1. The Morgan fingerprint density at radius 2 is 1.94 bits per heavy atom. The van der Waals surface area contributed by atoms with Gasteiger partial charge in [0.15, 0.2) is 0 Å². The van der Waals surface area contributed by atoms with Crippen LogP contribution in [0.5, 0.6) is 11.6 Å². The predicted octanol–water partition coefficient (Wildman–Crippen LogP) is 1.69. The molecule has 0 unspecified atom stereocenters. The second-order valence-electron chi connectivity index (χ2n) is 3.91. The van der Waals surface area contributed by atoms with Crippen LogP contribution in [0.2, 0.25) is 0 Å². The number of aliphatic hydroxyl groups excluding tert-OH is 1. The van der Waals surface area contributed by atoms with E-state index in [2.05, 4.69) is 9.97 Å². The van der Waals surface area contributed by atoms with Crippen molar-refractivity contribution >= 4 is 5.82 Å². The van der Waals surface area contributed by atoms with Gasteiger partial charge in [-0.3, -0.25) is 0 Å². The average Bonchev–Trinajstić information content (AvgIpc) is 2.38. The standard InChI is InChI=1S/C13H15N3O2/c1-9-12(14)15-8-16-13(9)18-11-4-2-10(3-5-11)6-7-17/h2-5,8,17H,6-7H2,1H3,(H2,14,15,16). The van der Waals surface area contributed by atoms with Crippen molar-refractivity contribution in [2.24, 2.45) is 0 Å². The number of aliphatic hydroxyl groups is 1. The van der Waals surface area contributed by atoms with Crippen molar-refractivity contribution in [1.29, 1.82) is 0 Å². The van der Waals surface area contributed by atoms with Crippen molar-refractivity contribution < 1.29 is 9.84 Å². The van der Waals surface area contributed by atoms with E-state index in [1.54, 1.807) is 0 Å². The minimum Gasteiger partial charge on any atom is -0.439 e. The molecule has 18 heavy (non-hydrogen) atoms. The summed E-state index contributed by atoms with van der Waals surface area (Å²) in [6.45, 7) is 1.95. The zero-order valence-corrected chi connectivity index (χ0v) is 10.1. The third kappa shape index (κ3) is 2.75. The molecule has 5 nitrogen and oxygen atoms in total. The van der Waals surface area contributed by atoms with Gasteiger partial charge in [0, 0.05) is 6.61 Å². The molecule has 0 radical (unpaired) electrons. The summed E-state index contributed by atoms with van der Waals surface area (Å²) in [6.07, 6.45) is 2.01. The Bertz CT molecular complexity index is 526. The maximum atomic E-state index is 8.83. The molecule has 0 aliphatic carbocycles. The van der Waals surface area contributed by atoms with Gasteiger partial charge in [0.05, 0.1) is 5.56 Å². The minimum absolute atomic E-state index is 0.141. The first kappa shape index (κ1) is 12.3. The van der Waals surface area contributed by atoms with Gasteiger partial charge in [-0.05, 0) is 31.0 Å². The number of aromatic nitrogens is 2. The fraction of sp³-hybridized carbons (Fsp3) is 0.231. The molecule has 0 spiro atoms. The van der Waals surface area contributed by atoms with Crippen molar-refractivity contribution in [3.8, 4) is 11.6 Å². The van der Waals surface area contributed by atoms with Gasteiger partial charge >= 0.3 is 0 Å². The van der Waals surface area contributed by atoms with Crippen molar-refractivity contribution in [2.45, 2.75) is 13.3 Å². The van der Waals surface area contributed by atoms with Crippen LogP contribution in [0.25, 0.3) is 0 Å². The maximum Gasteiger partial charge on any atom is 0.227 e. The third-order valence-corrected chi connectivity index (χ3v) is 2.62. The van der Waals surface area contributed by atoms with E-state index in [1.165, 1.54) is 6.33 Å². The molecule has 1 heterocycles. The van der Waals surface area contributed by atoms with Crippen LogP contribution in [0, 0.1) is 6.92 Å². The van der Waals surface area contributed by atoms with E-state index in [0.29, 0.717) is 23.9 Å². The first-order valence-corrected chi connectivity index (χ1v) is 5.65. The average molecular weight is 245 g/mol. The largest absolute Gasteiger partial charge is 0.439 e. The van der Waals surface area contributed by atoms with Crippen molar-refractivity contribution in [2.75, 3.05) is 12.3 Å². The number of anilines is 1. The highest BCUT2D eigenvalue weighted by Crippen LogP contribution is 2.24. The Labute approximate surface area is 105 Å². The first-order chi connectivity index (χ1) is 8.70. The van der Waals surface area contributed by atoms with Crippen LogP contribution in [-0.2, 0) is 6.42 Å². The van der Waals surface area contributed by atoms with Gasteiger partial charge in [-0.1, -0.05) is 12.1 Å². The monoisotopic (exact) mass is 245 g/mol. The number of hydrogen-bond acceptors (Lipinski definition) is 5. The van der Waals surface area contributed by atoms with Crippen molar-refractivity contribution in [3.63, 3.8) is 0 Å². The molecule has 94 valence electrons. The second-order valence-corrected chi connectivity index (χ2v) is 3.91. The second kappa shape index (κ2) is 5.46. The molecule has 2 aromatic rings. The van der Waals surface area contributed by atoms with Gasteiger partial charge in [-0.25, -0.2) is 9.97 Å². The molecule has 0 atom stereocenters. The van der Waals surface area contributed by atoms with Crippen molar-refractivity contribution in [1.82, 2.24) is 9.97 Å². The number of nitrogen functional groups attached to an aromatic ring is 1. The Balaban J connectivity index is 2.16. The molecule has 0 bridgehead atoms. The van der Waals surface area contributed by atoms with E-state index in [0.717, 1.165) is 11.1 Å². The molecule has 0 amide bonds. The molecule has 0 fully saturated rings. The fourth-order valence-corrected chi connectivity index (χ4v) is 1.51. The molecule has 0 saturated heterocycles. The first-order valence-electron chi connectivity index (χ1n) is 5.65. The molecular weight excluding hydrogens is 230 g/mol. The van der Waals surface area contributed by atoms with E-state index < -0.39 is 0 Å². The Morgan fingerprint density at radius 3 is 2.61 bits per heavy atom. The summed E-state index contributed by atoms with van der Waals surface area (Å²) >= 11 is 0. The van der Waals surface area contributed by atoms with E-state index >= 15 is 0 Å². The third-order valence-electron chi connectivity index (χ3n) is 2.62. The summed E-state index contributed by atoms with van der Waals surface area (Å²) < 4.78 is 5.63. The summed E-state index contributed by atoms with van der Waals surface area (Å²) in [5, 5.41) is 8.83. The van der Waals surface area contributed by atoms with E-state index in [-0.39, 0.29) is 6.61 Å². The number of ether oxygens (including phenoxy) is 1. The van der Waals surface area contributed by atoms with Crippen LogP contribution in [0.1, 0.15) is 11.1 Å². The van der Waals surface area contributed by atoms with Crippen molar-refractivity contribution in [3.05, 3.63) is 41.7 Å². The van der Waals surface area contributed by atoms with Crippen LogP contribution >= 0.6 is 0 Å². The molecule has 0 aliphatic rings. The summed E-state index contributed by atoms with van der Waals surface area (Å²) in [6, 6.07) is 7.49. The predicted molar refractivity (Wildman–Crippen MR) is 68.5 cm³/mol. The lowest BCUT2D eigenvalue weighted by atomic mass is 10.1. The molecule has 1 aromatic heterocycles. The molecule has 0 saturated carbocycles. The topological polar surface area (TPSA) is 81.3 Å². The lowest BCUT2D eigenvalue weighted by Crippen LogP contribution is -1.99. The number of nitrogens with zero attached hydrogens (tertiary/aromatic N) is 2. The summed E-state index contributed by atoms with van der Waals surface area (Å²) in [5.41, 5.74) is 7.46. The quantitative estimate of drug-likeness (QED) is 0.856. The Hall–Kier alpha value is -2.14. The van der Waals surface area contributed by atoms with Crippen LogP contribution in [0.3, 0.4) is 0 Å². The van der Waals surface area contributed by atoms with E-state index in [1.807, 2.05) is 31.2 Å². The highest BCUT2D eigenvalue weighted by molar-refractivity contribution is 5.44. The van der Waals surface area contributed by atoms with Crippen LogP contribution in [0.4, 0.5) is 5.82 Å². The maximum absolute atomic E-state index is 8.83. The van der Waals surface area contributed by atoms with E-state index in [4.69, 9.17) is 15.6 Å². The van der Waals surface area contributed by atoms with Gasteiger partial charge in [-0.15, -0.1) is 0 Å². The highest BCUT2D eigenvalue weighted by atomic mass is 16.5. The molecule has 3 N–H and O–H groups in total. The summed E-state index contributed by atoms with van der Waals surface area (Å²) in [4.78, 5) is 7.92. The summed E-state index contributed by atoms with van der Waals surface area (Å²) in [7, 11) is 0. The van der Waals surface area contributed by atoms with Gasteiger partial charge in [0.25, 0.3) is 0 Å². The van der Waals surface area contributed by atoms with Crippen LogP contribution in [-0.4, -0.2) is 21.7 Å². The number of rotatable bonds is 4. The molecule has 5 heteroatoms. The number of hydrogen-bond donors (Lipinski definition) is 2. The van der Waals surface area contributed by atoms with Gasteiger partial charge in [-0.2, -0.15) is 0 Å². The molecular formula is C13H15N3O2. The molecule has 1 aromatic carbocycles. The minimum atomic E-state index is 0.141. The van der Waals surface area contributed by atoms with Gasteiger partial charge in [0.1, 0.15) is 17.9 Å². The molecule has 2 rings (SSSR count). The normalized spacial score (nSPS) is 10.3. The SMILES string of the molecule is Cc1c(N)ncnc1Oc1ccc(CCO)cc1. The fourth-order valence-electron chi connectivity index (χ4n) is 1.51. The van der Waals surface area contributed by atoms with Gasteiger partial charge < -0.3 is 15.6 Å². The Kier molecular flexibility index (Phi) is 3.74. The lowest BCUT2D eigenvalue weighted by molar-refractivity contribution is 0.299.